The highest BCUT2D eigenvalue weighted by Crippen LogP contribution is 2.45. The molecule has 0 rings (SSSR count). The van der Waals surface area contributed by atoms with Gasteiger partial charge in [0, 0.05) is 25.7 Å². The first kappa shape index (κ1) is 98.1. The van der Waals surface area contributed by atoms with E-state index >= 15 is 0 Å². The lowest BCUT2D eigenvalue weighted by atomic mass is 9.99. The molecule has 0 saturated heterocycles. The van der Waals surface area contributed by atoms with Gasteiger partial charge in [-0.3, -0.25) is 37.3 Å². The van der Waals surface area contributed by atoms with E-state index in [1.165, 1.54) is 218 Å². The summed E-state index contributed by atoms with van der Waals surface area (Å²) in [5.41, 5.74) is 0. The van der Waals surface area contributed by atoms with Crippen LogP contribution in [0.1, 0.15) is 415 Å². The molecular weight excluding hydrogens is 1310 g/mol. The van der Waals surface area contributed by atoms with Gasteiger partial charge in [0.25, 0.3) is 0 Å². The monoisotopic (exact) mass is 1470 g/mol. The molecule has 0 aromatic rings. The Bertz CT molecular complexity index is 1960. The summed E-state index contributed by atoms with van der Waals surface area (Å²) in [6.45, 7) is 14.3. The smallest absolute Gasteiger partial charge is 0.462 e. The van der Waals surface area contributed by atoms with E-state index in [9.17, 15) is 43.2 Å². The van der Waals surface area contributed by atoms with Crippen molar-refractivity contribution in [1.29, 1.82) is 0 Å². The molecule has 0 aromatic carbocycles. The third-order valence-electron chi connectivity index (χ3n) is 19.5. The van der Waals surface area contributed by atoms with Crippen LogP contribution in [0, 0.1) is 23.7 Å². The Morgan fingerprint density at radius 3 is 0.710 bits per heavy atom. The molecule has 0 aliphatic carbocycles. The number of aliphatic hydroxyl groups is 1. The Morgan fingerprint density at radius 2 is 0.480 bits per heavy atom. The van der Waals surface area contributed by atoms with Gasteiger partial charge in [-0.2, -0.15) is 0 Å². The highest BCUT2D eigenvalue weighted by molar-refractivity contribution is 7.47. The van der Waals surface area contributed by atoms with Crippen molar-refractivity contribution in [3.8, 4) is 0 Å². The lowest BCUT2D eigenvalue weighted by Gasteiger charge is -2.21. The minimum atomic E-state index is -4.96. The van der Waals surface area contributed by atoms with E-state index in [4.69, 9.17) is 37.0 Å². The van der Waals surface area contributed by atoms with Crippen LogP contribution in [0.2, 0.25) is 0 Å². The Balaban J connectivity index is 5.27. The van der Waals surface area contributed by atoms with Gasteiger partial charge in [-0.05, 0) is 49.4 Å². The molecule has 0 radical (unpaired) electrons. The van der Waals surface area contributed by atoms with Crippen molar-refractivity contribution in [2.24, 2.45) is 23.7 Å². The second-order valence-corrected chi connectivity index (χ2v) is 33.5. The van der Waals surface area contributed by atoms with Gasteiger partial charge >= 0.3 is 39.5 Å². The number of carbonyl (C=O) groups is 4. The van der Waals surface area contributed by atoms with Gasteiger partial charge < -0.3 is 33.8 Å². The summed E-state index contributed by atoms with van der Waals surface area (Å²) in [5.74, 6) is 1.06. The van der Waals surface area contributed by atoms with Crippen LogP contribution in [-0.4, -0.2) is 96.7 Å². The molecule has 3 N–H and O–H groups in total. The maximum Gasteiger partial charge on any atom is 0.472 e. The quantitative estimate of drug-likeness (QED) is 0.0222. The lowest BCUT2D eigenvalue weighted by molar-refractivity contribution is -0.161. The van der Waals surface area contributed by atoms with Crippen molar-refractivity contribution in [3.05, 3.63) is 0 Å². The molecule has 0 spiro atoms. The molecule has 0 aliphatic rings. The Hall–Kier alpha value is -1.94. The Labute approximate surface area is 613 Å². The van der Waals surface area contributed by atoms with Crippen LogP contribution in [0.5, 0.6) is 0 Å². The zero-order valence-corrected chi connectivity index (χ0v) is 67.6. The van der Waals surface area contributed by atoms with Crippen LogP contribution >= 0.6 is 15.6 Å². The summed E-state index contributed by atoms with van der Waals surface area (Å²) >= 11 is 0. The van der Waals surface area contributed by atoms with E-state index in [-0.39, 0.29) is 25.7 Å². The number of hydrogen-bond donors (Lipinski definition) is 3. The van der Waals surface area contributed by atoms with Crippen molar-refractivity contribution in [1.82, 2.24) is 0 Å². The van der Waals surface area contributed by atoms with E-state index in [0.717, 1.165) is 114 Å². The van der Waals surface area contributed by atoms with Crippen molar-refractivity contribution in [3.63, 3.8) is 0 Å². The molecule has 100 heavy (non-hydrogen) atoms. The predicted octanol–water partition coefficient (Wildman–Crippen LogP) is 24.0. The lowest BCUT2D eigenvalue weighted by Crippen LogP contribution is -2.30. The van der Waals surface area contributed by atoms with Crippen LogP contribution < -0.4 is 0 Å². The third-order valence-corrected chi connectivity index (χ3v) is 21.4. The molecule has 0 bridgehead atoms. The van der Waals surface area contributed by atoms with Crippen molar-refractivity contribution >= 4 is 39.5 Å². The molecule has 0 heterocycles. The SMILES string of the molecule is CCC(C)CCCCCCCCCCCCCCCCC(=O)O[C@H](COC(=O)CCCCCCCCCCCCCCCCC(C)C)COP(=O)(O)OC[C@@H](O)COP(=O)(O)OC[C@@H](COC(=O)CCCCCCCCCCC(C)C)OC(=O)CCCCCCCCCCCCC(C)CC. The molecule has 4 unspecified atom stereocenters. The maximum atomic E-state index is 13.1. The van der Waals surface area contributed by atoms with E-state index in [2.05, 4.69) is 55.4 Å². The molecule has 0 saturated carbocycles. The first-order valence-electron chi connectivity index (χ1n) is 41.8. The van der Waals surface area contributed by atoms with E-state index in [0.29, 0.717) is 25.7 Å². The van der Waals surface area contributed by atoms with Gasteiger partial charge in [0.05, 0.1) is 26.4 Å². The van der Waals surface area contributed by atoms with E-state index in [1.54, 1.807) is 0 Å². The number of carbonyl (C=O) groups excluding carboxylic acids is 4. The van der Waals surface area contributed by atoms with Gasteiger partial charge in [-0.25, -0.2) is 9.13 Å². The van der Waals surface area contributed by atoms with Gasteiger partial charge in [-0.15, -0.1) is 0 Å². The molecule has 0 amide bonds. The highest BCUT2D eigenvalue weighted by atomic mass is 31.2. The minimum Gasteiger partial charge on any atom is -0.462 e. The highest BCUT2D eigenvalue weighted by Gasteiger charge is 2.30. The fourth-order valence-corrected chi connectivity index (χ4v) is 13.9. The van der Waals surface area contributed by atoms with Crippen LogP contribution in [0.3, 0.4) is 0 Å². The normalized spacial score (nSPS) is 14.6. The number of aliphatic hydroxyl groups excluding tert-OH is 1. The summed E-state index contributed by atoms with van der Waals surface area (Å²) in [7, 11) is -9.92. The van der Waals surface area contributed by atoms with Crippen LogP contribution in [-0.2, 0) is 65.4 Å². The van der Waals surface area contributed by atoms with Crippen LogP contribution in [0.25, 0.3) is 0 Å². The Morgan fingerprint density at radius 1 is 0.280 bits per heavy atom. The minimum absolute atomic E-state index is 0.105. The maximum absolute atomic E-state index is 13.1. The van der Waals surface area contributed by atoms with Gasteiger partial charge in [0.15, 0.2) is 12.2 Å². The van der Waals surface area contributed by atoms with Gasteiger partial charge in [0.1, 0.15) is 19.3 Å². The van der Waals surface area contributed by atoms with Gasteiger partial charge in [-0.1, -0.05) is 364 Å². The second kappa shape index (κ2) is 70.1. The largest absolute Gasteiger partial charge is 0.472 e. The zero-order chi connectivity index (χ0) is 73.8. The van der Waals surface area contributed by atoms with Crippen molar-refractivity contribution in [2.75, 3.05) is 39.6 Å². The molecule has 0 aliphatic heterocycles. The van der Waals surface area contributed by atoms with Crippen LogP contribution in [0.15, 0.2) is 0 Å². The average molecular weight is 1470 g/mol. The second-order valence-electron chi connectivity index (χ2n) is 30.6. The first-order valence-corrected chi connectivity index (χ1v) is 44.8. The number of rotatable bonds is 78. The number of phosphoric ester groups is 2. The number of unbranched alkanes of at least 4 members (excludes halogenated alkanes) is 42. The number of hydrogen-bond acceptors (Lipinski definition) is 15. The van der Waals surface area contributed by atoms with E-state index in [1.807, 2.05) is 0 Å². The Kier molecular flexibility index (Phi) is 68.7. The van der Waals surface area contributed by atoms with Crippen molar-refractivity contribution < 1.29 is 80.2 Å². The third kappa shape index (κ3) is 71.7. The van der Waals surface area contributed by atoms with Gasteiger partial charge in [0.2, 0.25) is 0 Å². The molecule has 7 atom stereocenters. The number of phosphoric acid groups is 2. The molecular formula is C81H158O17P2. The summed E-state index contributed by atoms with van der Waals surface area (Å²) in [4.78, 5) is 73.1. The summed E-state index contributed by atoms with van der Waals surface area (Å²) in [6, 6.07) is 0. The first-order chi connectivity index (χ1) is 48.2. The number of ether oxygens (including phenoxy) is 4. The summed E-state index contributed by atoms with van der Waals surface area (Å²) in [5, 5.41) is 10.6. The molecule has 19 heteroatoms. The van der Waals surface area contributed by atoms with E-state index < -0.39 is 97.5 Å². The standard InChI is InChI=1S/C81H158O17P2/c1-9-73(7)59-51-43-35-26-20-16-12-14-18-22-29-39-47-55-63-80(85)97-76(67-91-78(83)61-53-45-37-28-21-17-13-11-15-19-25-33-41-49-57-71(3)4)69-95-99(87,88)93-65-75(82)66-94-100(89,90)96-70-77(68-92-79(84)62-54-46-38-32-31-34-42-50-58-72(5)6)98-81(86)64-56-48-40-30-24-23-27-36-44-52-60-74(8)10-2/h71-77,82H,9-70H2,1-8H3,(H,87,88)(H,89,90)/t73?,74?,75-,76-,77-/m1/s1. The summed E-state index contributed by atoms with van der Waals surface area (Å²) in [6.07, 6.45) is 56.7. The van der Waals surface area contributed by atoms with Crippen LogP contribution in [0.4, 0.5) is 0 Å². The molecule has 17 nitrogen and oxygen atoms in total. The predicted molar refractivity (Wildman–Crippen MR) is 409 cm³/mol. The fourth-order valence-electron chi connectivity index (χ4n) is 12.4. The fraction of sp³-hybridized carbons (Fsp3) is 0.951. The number of esters is 4. The molecule has 0 aromatic heterocycles. The van der Waals surface area contributed by atoms with Crippen molar-refractivity contribution in [2.45, 2.75) is 433 Å². The molecule has 0 fully saturated rings. The average Bonchev–Trinajstić information content (AvgIpc) is 0.956. The summed E-state index contributed by atoms with van der Waals surface area (Å²) < 4.78 is 68.7. The topological polar surface area (TPSA) is 237 Å². The molecule has 594 valence electrons. The zero-order valence-electron chi connectivity index (χ0n) is 65.8.